The molecule has 0 aliphatic heterocycles. The highest BCUT2D eigenvalue weighted by molar-refractivity contribution is 5.80. The highest BCUT2D eigenvalue weighted by Gasteiger charge is 2.18. The van der Waals surface area contributed by atoms with Crippen molar-refractivity contribution >= 4 is 5.96 Å². The lowest BCUT2D eigenvalue weighted by Gasteiger charge is -2.25. The van der Waals surface area contributed by atoms with E-state index in [-0.39, 0.29) is 5.82 Å². The molecule has 7 heteroatoms. The summed E-state index contributed by atoms with van der Waals surface area (Å²) in [4.78, 5) is 6.89. The van der Waals surface area contributed by atoms with Crippen LogP contribution in [-0.2, 0) is 19.5 Å². The van der Waals surface area contributed by atoms with Crippen LogP contribution in [0.15, 0.2) is 35.6 Å². The Hall–Kier alpha value is -2.44. The van der Waals surface area contributed by atoms with Gasteiger partial charge in [0.1, 0.15) is 18.0 Å². The number of halogens is 1. The topological polar surface area (TPSA) is 58.3 Å². The Morgan fingerprint density at radius 3 is 2.93 bits per heavy atom. The Balaban J connectivity index is 1.67. The molecular weight excluding hydrogens is 343 g/mol. The van der Waals surface area contributed by atoms with Crippen molar-refractivity contribution in [2.45, 2.75) is 58.2 Å². The lowest BCUT2D eigenvalue weighted by molar-refractivity contribution is 0.454. The Bertz CT molecular complexity index is 750. The van der Waals surface area contributed by atoms with E-state index in [2.05, 4.69) is 27.3 Å². The van der Waals surface area contributed by atoms with Crippen LogP contribution in [0, 0.1) is 5.82 Å². The molecule has 1 N–H and O–H groups in total. The molecule has 6 nitrogen and oxygen atoms in total. The van der Waals surface area contributed by atoms with Crippen molar-refractivity contribution in [3.05, 3.63) is 47.8 Å². The third-order valence-corrected chi connectivity index (χ3v) is 4.97. The molecule has 146 valence electrons. The minimum absolute atomic E-state index is 0.206. The van der Waals surface area contributed by atoms with Gasteiger partial charge in [-0.1, -0.05) is 31.9 Å². The number of benzene rings is 1. The van der Waals surface area contributed by atoms with Crippen LogP contribution in [0.3, 0.4) is 0 Å². The number of aliphatic imine (C=N–C) groups is 1. The van der Waals surface area contributed by atoms with Gasteiger partial charge >= 0.3 is 0 Å². The van der Waals surface area contributed by atoms with Gasteiger partial charge in [0.05, 0.1) is 6.54 Å². The predicted molar refractivity (Wildman–Crippen MR) is 105 cm³/mol. The second kappa shape index (κ2) is 9.48. The Morgan fingerprint density at radius 2 is 2.19 bits per heavy atom. The van der Waals surface area contributed by atoms with Gasteiger partial charge in [0.2, 0.25) is 0 Å². The van der Waals surface area contributed by atoms with E-state index in [4.69, 9.17) is 4.99 Å². The quantitative estimate of drug-likeness (QED) is 0.600. The monoisotopic (exact) mass is 372 g/mol. The van der Waals surface area contributed by atoms with Crippen LogP contribution in [0.25, 0.3) is 0 Å². The molecule has 1 aliphatic carbocycles. The summed E-state index contributed by atoms with van der Waals surface area (Å²) >= 11 is 0. The van der Waals surface area contributed by atoms with Gasteiger partial charge in [-0.05, 0) is 30.5 Å². The summed E-state index contributed by atoms with van der Waals surface area (Å²) < 4.78 is 15.5. The molecule has 0 bridgehead atoms. The fourth-order valence-corrected chi connectivity index (χ4v) is 3.52. The molecule has 0 atom stereocenters. The van der Waals surface area contributed by atoms with Gasteiger partial charge in [-0.3, -0.25) is 4.99 Å². The molecule has 1 heterocycles. The summed E-state index contributed by atoms with van der Waals surface area (Å²) in [5, 5.41) is 11.7. The zero-order valence-corrected chi connectivity index (χ0v) is 16.2. The molecule has 1 aliphatic rings. The van der Waals surface area contributed by atoms with Crippen molar-refractivity contribution in [3.63, 3.8) is 0 Å². The fraction of sp³-hybridized carbons (Fsp3) is 0.550. The van der Waals surface area contributed by atoms with E-state index in [0.29, 0.717) is 19.1 Å². The van der Waals surface area contributed by atoms with Crippen molar-refractivity contribution in [1.29, 1.82) is 0 Å². The molecule has 2 aromatic rings. The van der Waals surface area contributed by atoms with Gasteiger partial charge in [-0.15, -0.1) is 10.2 Å². The number of nitrogens with one attached hydrogen (secondary N) is 1. The van der Waals surface area contributed by atoms with E-state index < -0.39 is 0 Å². The molecule has 1 aromatic heterocycles. The largest absolute Gasteiger partial charge is 0.354 e. The summed E-state index contributed by atoms with van der Waals surface area (Å²) in [6.07, 6.45) is 7.50. The Morgan fingerprint density at radius 1 is 1.37 bits per heavy atom. The van der Waals surface area contributed by atoms with Gasteiger partial charge in [0, 0.05) is 32.6 Å². The van der Waals surface area contributed by atoms with Crippen LogP contribution < -0.4 is 5.32 Å². The van der Waals surface area contributed by atoms with Crippen LogP contribution >= 0.6 is 0 Å². The second-order valence-electron chi connectivity index (χ2n) is 7.11. The predicted octanol–water partition coefficient (Wildman–Crippen LogP) is 3.00. The maximum Gasteiger partial charge on any atom is 0.194 e. The molecule has 27 heavy (non-hydrogen) atoms. The van der Waals surface area contributed by atoms with E-state index in [1.165, 1.54) is 31.7 Å². The van der Waals surface area contributed by atoms with E-state index >= 15 is 0 Å². The molecular formula is C20H29FN6. The lowest BCUT2D eigenvalue weighted by atomic mass is 10.2. The van der Waals surface area contributed by atoms with Gasteiger partial charge < -0.3 is 14.8 Å². The first-order chi connectivity index (χ1) is 13.2. The third-order valence-electron chi connectivity index (χ3n) is 4.97. The van der Waals surface area contributed by atoms with Gasteiger partial charge in [0.15, 0.2) is 5.96 Å². The van der Waals surface area contributed by atoms with Crippen LogP contribution in [0.2, 0.25) is 0 Å². The molecule has 0 amide bonds. The van der Waals surface area contributed by atoms with Crippen LogP contribution in [0.5, 0.6) is 0 Å². The molecule has 0 unspecified atom stereocenters. The lowest BCUT2D eigenvalue weighted by Crippen LogP contribution is -2.43. The average molecular weight is 372 g/mol. The van der Waals surface area contributed by atoms with E-state index in [0.717, 1.165) is 30.3 Å². The van der Waals surface area contributed by atoms with Crippen molar-refractivity contribution in [2.24, 2.45) is 4.99 Å². The minimum Gasteiger partial charge on any atom is -0.354 e. The van der Waals surface area contributed by atoms with Gasteiger partial charge in [-0.2, -0.15) is 0 Å². The first-order valence-electron chi connectivity index (χ1n) is 9.79. The molecule has 0 saturated heterocycles. The Kier molecular flexibility index (Phi) is 6.79. The number of nitrogens with zero attached hydrogens (tertiary/aromatic N) is 5. The molecule has 1 aromatic carbocycles. The summed E-state index contributed by atoms with van der Waals surface area (Å²) in [7, 11) is 2.00. The van der Waals surface area contributed by atoms with Gasteiger partial charge in [-0.25, -0.2) is 4.39 Å². The molecule has 3 rings (SSSR count). The number of aromatic nitrogens is 3. The maximum absolute atomic E-state index is 13.5. The number of hydrogen-bond acceptors (Lipinski definition) is 3. The zero-order chi connectivity index (χ0) is 19.1. The van der Waals surface area contributed by atoms with E-state index in [1.807, 2.05) is 17.7 Å². The summed E-state index contributed by atoms with van der Waals surface area (Å²) in [6, 6.07) is 7.21. The first kappa shape index (κ1) is 19.3. The molecule has 1 saturated carbocycles. The number of rotatable bonds is 7. The highest BCUT2D eigenvalue weighted by atomic mass is 19.1. The van der Waals surface area contributed by atoms with E-state index in [9.17, 15) is 4.39 Å². The molecule has 0 spiro atoms. The summed E-state index contributed by atoms with van der Waals surface area (Å²) in [5.41, 5.74) is 0.936. The molecule has 1 fully saturated rings. The van der Waals surface area contributed by atoms with Crippen LogP contribution in [0.4, 0.5) is 4.39 Å². The third kappa shape index (κ3) is 5.52. The zero-order valence-electron chi connectivity index (χ0n) is 16.2. The molecule has 0 radical (unpaired) electrons. The summed E-state index contributed by atoms with van der Waals surface area (Å²) in [6.45, 7) is 4.08. The average Bonchev–Trinajstić information content (AvgIpc) is 3.32. The number of aryl methyl sites for hydroxylation is 1. The van der Waals surface area contributed by atoms with E-state index in [1.54, 1.807) is 18.5 Å². The smallest absolute Gasteiger partial charge is 0.194 e. The minimum atomic E-state index is -0.206. The van der Waals surface area contributed by atoms with Crippen LogP contribution in [-0.4, -0.2) is 45.3 Å². The normalized spacial score (nSPS) is 15.3. The number of hydrogen-bond donors (Lipinski definition) is 1. The van der Waals surface area contributed by atoms with Gasteiger partial charge in [0.25, 0.3) is 0 Å². The number of guanidine groups is 1. The Labute approximate surface area is 160 Å². The van der Waals surface area contributed by atoms with Crippen molar-refractivity contribution in [1.82, 2.24) is 25.0 Å². The van der Waals surface area contributed by atoms with Crippen molar-refractivity contribution in [3.8, 4) is 0 Å². The second-order valence-corrected chi connectivity index (χ2v) is 7.11. The summed E-state index contributed by atoms with van der Waals surface area (Å²) in [5.74, 6) is 1.64. The van der Waals surface area contributed by atoms with Crippen molar-refractivity contribution in [2.75, 3.05) is 13.6 Å². The van der Waals surface area contributed by atoms with Crippen molar-refractivity contribution < 1.29 is 4.39 Å². The van der Waals surface area contributed by atoms with Crippen LogP contribution in [0.1, 0.15) is 44.0 Å². The first-order valence-corrected chi connectivity index (χ1v) is 9.79. The SMILES string of the molecule is CCc1nncn1CCN=C(NC1CCCC1)N(C)Cc1cccc(F)c1. The fourth-order valence-electron chi connectivity index (χ4n) is 3.52. The maximum atomic E-state index is 13.5. The highest BCUT2D eigenvalue weighted by Crippen LogP contribution is 2.18. The standard InChI is InChI=1S/C20H29FN6/c1-3-19-25-23-15-27(19)12-11-22-20(24-18-9-4-5-10-18)26(2)14-16-7-6-8-17(21)13-16/h6-8,13,15,18H,3-5,9-12,14H2,1-2H3,(H,22,24).